The highest BCUT2D eigenvalue weighted by Gasteiger charge is 2.22. The van der Waals surface area contributed by atoms with Crippen molar-refractivity contribution < 1.29 is 9.84 Å². The monoisotopic (exact) mass is 256 g/mol. The van der Waals surface area contributed by atoms with E-state index in [0.29, 0.717) is 5.92 Å². The van der Waals surface area contributed by atoms with Crippen LogP contribution in [0.5, 0.6) is 0 Å². The van der Waals surface area contributed by atoms with Gasteiger partial charge in [-0.3, -0.25) is 0 Å². The summed E-state index contributed by atoms with van der Waals surface area (Å²) >= 11 is 1.61. The minimum absolute atomic E-state index is 0.0961. The number of aliphatic hydroxyl groups is 1. The Morgan fingerprint density at radius 3 is 3.06 bits per heavy atom. The van der Waals surface area contributed by atoms with Gasteiger partial charge in [-0.05, 0) is 25.7 Å². The predicted molar refractivity (Wildman–Crippen MR) is 69.6 cm³/mol. The van der Waals surface area contributed by atoms with Crippen molar-refractivity contribution in [3.63, 3.8) is 0 Å². The largest absolute Gasteiger partial charge is 0.391 e. The Bertz CT molecular complexity index is 365. The van der Waals surface area contributed by atoms with E-state index in [1.807, 2.05) is 6.92 Å². The number of methoxy groups -OCH3 is 1. The lowest BCUT2D eigenvalue weighted by Crippen LogP contribution is -2.37. The number of thiazole rings is 1. The van der Waals surface area contributed by atoms with Crippen LogP contribution < -0.4 is 4.90 Å². The smallest absolute Gasteiger partial charge is 0.185 e. The van der Waals surface area contributed by atoms with Crippen molar-refractivity contribution >= 4 is 16.5 Å². The van der Waals surface area contributed by atoms with Gasteiger partial charge >= 0.3 is 0 Å². The summed E-state index contributed by atoms with van der Waals surface area (Å²) < 4.78 is 5.23. The van der Waals surface area contributed by atoms with Crippen LogP contribution in [0, 0.1) is 12.8 Å². The summed E-state index contributed by atoms with van der Waals surface area (Å²) in [4.78, 5) is 7.85. The first-order valence-electron chi connectivity index (χ1n) is 6.05. The third kappa shape index (κ3) is 2.97. The normalized spacial score (nSPS) is 20.9. The second kappa shape index (κ2) is 5.80. The highest BCUT2D eigenvalue weighted by atomic mass is 32.1. The minimum atomic E-state index is 0.0961. The van der Waals surface area contributed by atoms with E-state index in [1.165, 1.54) is 12.8 Å². The van der Waals surface area contributed by atoms with Gasteiger partial charge in [-0.15, -0.1) is 0 Å². The van der Waals surface area contributed by atoms with Crippen molar-refractivity contribution in [1.29, 1.82) is 0 Å². The van der Waals surface area contributed by atoms with E-state index in [9.17, 15) is 5.11 Å². The van der Waals surface area contributed by atoms with E-state index < -0.39 is 0 Å². The molecule has 0 radical (unpaired) electrons. The molecule has 1 aliphatic rings. The molecule has 0 spiro atoms. The summed E-state index contributed by atoms with van der Waals surface area (Å²) in [6, 6.07) is 0. The van der Waals surface area contributed by atoms with Gasteiger partial charge in [0.1, 0.15) is 0 Å². The SMILES string of the molecule is COCC1CCCN(c2nc(C)c(CO)s2)C1. The van der Waals surface area contributed by atoms with Crippen molar-refractivity contribution in [2.45, 2.75) is 26.4 Å². The Balaban J connectivity index is 2.05. The molecule has 0 amide bonds. The summed E-state index contributed by atoms with van der Waals surface area (Å²) in [5.41, 5.74) is 0.960. The van der Waals surface area contributed by atoms with Gasteiger partial charge in [0.25, 0.3) is 0 Å². The maximum atomic E-state index is 9.20. The molecule has 17 heavy (non-hydrogen) atoms. The first-order chi connectivity index (χ1) is 8.24. The number of rotatable bonds is 4. The third-order valence-corrected chi connectivity index (χ3v) is 4.42. The number of anilines is 1. The lowest BCUT2D eigenvalue weighted by molar-refractivity contribution is 0.143. The Hall–Kier alpha value is -0.650. The number of aliphatic hydroxyl groups excluding tert-OH is 1. The van der Waals surface area contributed by atoms with Crippen molar-refractivity contribution in [2.75, 3.05) is 31.7 Å². The lowest BCUT2D eigenvalue weighted by atomic mass is 9.99. The molecule has 1 aliphatic heterocycles. The standard InChI is InChI=1S/C12H20N2O2S/c1-9-11(7-15)17-12(13-9)14-5-3-4-10(6-14)8-16-2/h10,15H,3-8H2,1-2H3. The number of ether oxygens (including phenoxy) is 1. The molecule has 1 N–H and O–H groups in total. The van der Waals surface area contributed by atoms with E-state index in [0.717, 1.165) is 35.4 Å². The van der Waals surface area contributed by atoms with Crippen molar-refractivity contribution in [3.05, 3.63) is 10.6 Å². The molecule has 2 rings (SSSR count). The molecular weight excluding hydrogens is 236 g/mol. The molecule has 0 aliphatic carbocycles. The van der Waals surface area contributed by atoms with Gasteiger partial charge < -0.3 is 14.7 Å². The molecule has 0 saturated carbocycles. The van der Waals surface area contributed by atoms with Gasteiger partial charge in [0.2, 0.25) is 0 Å². The number of aromatic nitrogens is 1. The second-order valence-corrected chi connectivity index (χ2v) is 5.63. The molecular formula is C12H20N2O2S. The summed E-state index contributed by atoms with van der Waals surface area (Å²) in [6.45, 7) is 4.97. The molecule has 1 saturated heterocycles. The van der Waals surface area contributed by atoms with E-state index in [2.05, 4.69) is 9.88 Å². The summed E-state index contributed by atoms with van der Waals surface area (Å²) in [6.07, 6.45) is 2.43. The first kappa shape index (κ1) is 12.8. The van der Waals surface area contributed by atoms with Gasteiger partial charge in [0.05, 0.1) is 23.8 Å². The molecule has 4 nitrogen and oxygen atoms in total. The number of aryl methyl sites for hydroxylation is 1. The van der Waals surface area contributed by atoms with E-state index in [1.54, 1.807) is 18.4 Å². The summed E-state index contributed by atoms with van der Waals surface area (Å²) in [7, 11) is 1.76. The topological polar surface area (TPSA) is 45.6 Å². The van der Waals surface area contributed by atoms with Gasteiger partial charge in [-0.25, -0.2) is 4.98 Å². The third-order valence-electron chi connectivity index (χ3n) is 3.22. The quantitative estimate of drug-likeness (QED) is 0.892. The van der Waals surface area contributed by atoms with E-state index in [-0.39, 0.29) is 6.61 Å². The molecule has 0 bridgehead atoms. The fourth-order valence-corrected chi connectivity index (χ4v) is 3.26. The fraction of sp³-hybridized carbons (Fsp3) is 0.750. The molecule has 5 heteroatoms. The maximum Gasteiger partial charge on any atom is 0.185 e. The molecule has 2 heterocycles. The maximum absolute atomic E-state index is 9.20. The van der Waals surface area contributed by atoms with Crippen LogP contribution in [0.4, 0.5) is 5.13 Å². The molecule has 1 unspecified atom stereocenters. The highest BCUT2D eigenvalue weighted by Crippen LogP contribution is 2.29. The molecule has 1 aromatic rings. The molecule has 96 valence electrons. The lowest BCUT2D eigenvalue weighted by Gasteiger charge is -2.32. The zero-order valence-electron chi connectivity index (χ0n) is 10.5. The van der Waals surface area contributed by atoms with Crippen molar-refractivity contribution in [1.82, 2.24) is 4.98 Å². The van der Waals surface area contributed by atoms with Crippen LogP contribution in [0.2, 0.25) is 0 Å². The number of nitrogens with zero attached hydrogens (tertiary/aromatic N) is 2. The van der Waals surface area contributed by atoms with Gasteiger partial charge in [-0.1, -0.05) is 11.3 Å². The van der Waals surface area contributed by atoms with Crippen LogP contribution in [0.3, 0.4) is 0 Å². The van der Waals surface area contributed by atoms with Crippen molar-refractivity contribution in [3.8, 4) is 0 Å². The fourth-order valence-electron chi connectivity index (χ4n) is 2.31. The zero-order valence-corrected chi connectivity index (χ0v) is 11.3. The van der Waals surface area contributed by atoms with Crippen LogP contribution in [-0.4, -0.2) is 36.9 Å². The Kier molecular flexibility index (Phi) is 4.36. The second-order valence-electron chi connectivity index (χ2n) is 4.57. The minimum Gasteiger partial charge on any atom is -0.391 e. The van der Waals surface area contributed by atoms with Crippen LogP contribution in [0.15, 0.2) is 0 Å². The zero-order chi connectivity index (χ0) is 12.3. The van der Waals surface area contributed by atoms with Crippen molar-refractivity contribution in [2.24, 2.45) is 5.92 Å². The average molecular weight is 256 g/mol. The summed E-state index contributed by atoms with van der Waals surface area (Å²) in [5.74, 6) is 0.607. The highest BCUT2D eigenvalue weighted by molar-refractivity contribution is 7.15. The van der Waals surface area contributed by atoms with E-state index in [4.69, 9.17) is 4.74 Å². The number of hydrogen-bond donors (Lipinski definition) is 1. The number of hydrogen-bond acceptors (Lipinski definition) is 5. The Morgan fingerprint density at radius 2 is 2.41 bits per heavy atom. The van der Waals surface area contributed by atoms with Crippen LogP contribution in [0.25, 0.3) is 0 Å². The average Bonchev–Trinajstić information content (AvgIpc) is 2.71. The Labute approximate surface area is 106 Å². The van der Waals surface area contributed by atoms with Gasteiger partial charge in [0.15, 0.2) is 5.13 Å². The van der Waals surface area contributed by atoms with Gasteiger partial charge in [-0.2, -0.15) is 0 Å². The first-order valence-corrected chi connectivity index (χ1v) is 6.87. The molecule has 1 fully saturated rings. The molecule has 1 atom stereocenters. The molecule has 1 aromatic heterocycles. The molecule has 0 aromatic carbocycles. The number of piperidine rings is 1. The Morgan fingerprint density at radius 1 is 1.59 bits per heavy atom. The van der Waals surface area contributed by atoms with Crippen LogP contribution in [-0.2, 0) is 11.3 Å². The van der Waals surface area contributed by atoms with Gasteiger partial charge in [0, 0.05) is 20.2 Å². The predicted octanol–water partition coefficient (Wildman–Crippen LogP) is 1.81. The van der Waals surface area contributed by atoms with E-state index >= 15 is 0 Å². The summed E-state index contributed by atoms with van der Waals surface area (Å²) in [5, 5.41) is 10.2. The van der Waals surface area contributed by atoms with Crippen LogP contribution >= 0.6 is 11.3 Å². The van der Waals surface area contributed by atoms with Crippen LogP contribution in [0.1, 0.15) is 23.4 Å².